The molecule has 5 nitrogen and oxygen atoms in total. The van der Waals surface area contributed by atoms with E-state index in [2.05, 4.69) is 22.2 Å². The van der Waals surface area contributed by atoms with E-state index in [4.69, 9.17) is 4.84 Å². The summed E-state index contributed by atoms with van der Waals surface area (Å²) in [6, 6.07) is 5.83. The number of nitrogens with zero attached hydrogens (tertiary/aromatic N) is 4. The van der Waals surface area contributed by atoms with Crippen molar-refractivity contribution in [2.45, 2.75) is 6.61 Å². The Morgan fingerprint density at radius 1 is 1.57 bits per heavy atom. The van der Waals surface area contributed by atoms with Crippen LogP contribution >= 0.6 is 0 Å². The van der Waals surface area contributed by atoms with Crippen LogP contribution in [0, 0.1) is 0 Å². The van der Waals surface area contributed by atoms with E-state index < -0.39 is 0 Å². The number of rotatable bonds is 3. The highest BCUT2D eigenvalue weighted by atomic mass is 16.6. The Morgan fingerprint density at radius 3 is 3.21 bits per heavy atom. The molecule has 2 aromatic rings. The molecule has 0 aliphatic heterocycles. The van der Waals surface area contributed by atoms with Crippen molar-refractivity contribution in [3.8, 4) is 0 Å². The molecule has 2 rings (SSSR count). The van der Waals surface area contributed by atoms with E-state index >= 15 is 0 Å². The fourth-order valence-corrected chi connectivity index (χ4v) is 1.30. The van der Waals surface area contributed by atoms with Crippen LogP contribution in [0.15, 0.2) is 23.4 Å². The number of hydrogen-bond donors (Lipinski definition) is 0. The zero-order valence-electron chi connectivity index (χ0n) is 7.84. The van der Waals surface area contributed by atoms with E-state index in [1.54, 1.807) is 4.68 Å². The van der Waals surface area contributed by atoms with Crippen molar-refractivity contribution < 1.29 is 4.84 Å². The van der Waals surface area contributed by atoms with Gasteiger partial charge in [-0.05, 0) is 17.7 Å². The highest BCUT2D eigenvalue weighted by Gasteiger charge is 2.02. The quantitative estimate of drug-likeness (QED) is 0.538. The summed E-state index contributed by atoms with van der Waals surface area (Å²) in [4.78, 5) is 4.83. The standard InChI is InChI=1S/C9H10N4O/c1-10-14-6-7-3-4-9-8(5-7)11-12-13(9)2/h3-5H,1,6H2,2H3. The predicted molar refractivity (Wildman–Crippen MR) is 52.8 cm³/mol. The van der Waals surface area contributed by atoms with Crippen LogP contribution in [0.25, 0.3) is 11.0 Å². The molecule has 0 saturated carbocycles. The Kier molecular flexibility index (Phi) is 2.14. The minimum atomic E-state index is 0.413. The van der Waals surface area contributed by atoms with Gasteiger partial charge in [0.15, 0.2) is 0 Å². The van der Waals surface area contributed by atoms with Crippen LogP contribution in [0.5, 0.6) is 0 Å². The number of fused-ring (bicyclic) bond motifs is 1. The SMILES string of the molecule is C=NOCc1ccc2c(c1)nnn2C. The number of aryl methyl sites for hydroxylation is 1. The monoisotopic (exact) mass is 190 g/mol. The van der Waals surface area contributed by atoms with Crippen LogP contribution in [0.1, 0.15) is 5.56 Å². The number of benzene rings is 1. The van der Waals surface area contributed by atoms with E-state index in [9.17, 15) is 0 Å². The molecule has 0 aliphatic rings. The predicted octanol–water partition coefficient (Wildman–Crippen LogP) is 1.10. The fourth-order valence-electron chi connectivity index (χ4n) is 1.30. The molecular formula is C9H10N4O. The first-order valence-electron chi connectivity index (χ1n) is 4.17. The lowest BCUT2D eigenvalue weighted by atomic mass is 10.2. The average molecular weight is 190 g/mol. The second kappa shape index (κ2) is 3.45. The van der Waals surface area contributed by atoms with Crippen LogP contribution in [-0.2, 0) is 18.5 Å². The van der Waals surface area contributed by atoms with Crippen LogP contribution < -0.4 is 0 Å². The first-order chi connectivity index (χ1) is 6.81. The van der Waals surface area contributed by atoms with Gasteiger partial charge in [0.25, 0.3) is 0 Å². The highest BCUT2D eigenvalue weighted by molar-refractivity contribution is 5.74. The normalized spacial score (nSPS) is 10.4. The van der Waals surface area contributed by atoms with E-state index in [1.807, 2.05) is 25.2 Å². The summed E-state index contributed by atoms with van der Waals surface area (Å²) in [5, 5.41) is 11.2. The Balaban J connectivity index is 2.36. The minimum absolute atomic E-state index is 0.413. The molecule has 5 heteroatoms. The molecule has 0 N–H and O–H groups in total. The number of hydrogen-bond acceptors (Lipinski definition) is 4. The lowest BCUT2D eigenvalue weighted by molar-refractivity contribution is 0.133. The van der Waals surface area contributed by atoms with Gasteiger partial charge < -0.3 is 4.84 Å². The van der Waals surface area contributed by atoms with Crippen LogP contribution in [-0.4, -0.2) is 21.7 Å². The molecule has 1 aromatic carbocycles. The van der Waals surface area contributed by atoms with E-state index in [0.717, 1.165) is 16.6 Å². The summed E-state index contributed by atoms with van der Waals surface area (Å²) < 4.78 is 1.73. The zero-order valence-corrected chi connectivity index (χ0v) is 7.84. The third kappa shape index (κ3) is 1.44. The highest BCUT2D eigenvalue weighted by Crippen LogP contribution is 2.12. The third-order valence-corrected chi connectivity index (χ3v) is 2.00. The average Bonchev–Trinajstić information content (AvgIpc) is 2.57. The van der Waals surface area contributed by atoms with Gasteiger partial charge >= 0.3 is 0 Å². The molecule has 0 spiro atoms. The molecule has 0 radical (unpaired) electrons. The second-order valence-electron chi connectivity index (χ2n) is 2.94. The van der Waals surface area contributed by atoms with Crippen LogP contribution in [0.4, 0.5) is 0 Å². The van der Waals surface area contributed by atoms with E-state index in [1.165, 1.54) is 0 Å². The van der Waals surface area contributed by atoms with E-state index in [-0.39, 0.29) is 0 Å². The molecule has 0 unspecified atom stereocenters. The Hall–Kier alpha value is -1.91. The first kappa shape index (κ1) is 8.68. The molecule has 0 fully saturated rings. The fraction of sp³-hybridized carbons (Fsp3) is 0.222. The molecular weight excluding hydrogens is 180 g/mol. The molecule has 0 saturated heterocycles. The number of aromatic nitrogens is 3. The molecule has 0 atom stereocenters. The Labute approximate surface area is 81.0 Å². The maximum absolute atomic E-state index is 4.83. The smallest absolute Gasteiger partial charge is 0.142 e. The molecule has 72 valence electrons. The van der Waals surface area contributed by atoms with Gasteiger partial charge in [-0.3, -0.25) is 0 Å². The lowest BCUT2D eigenvalue weighted by Gasteiger charge is -1.98. The summed E-state index contributed by atoms with van der Waals surface area (Å²) in [6.07, 6.45) is 0. The van der Waals surface area contributed by atoms with Gasteiger partial charge in [-0.1, -0.05) is 11.3 Å². The summed E-state index contributed by atoms with van der Waals surface area (Å²) in [7, 11) is 1.86. The number of oxime groups is 1. The van der Waals surface area contributed by atoms with Crippen molar-refractivity contribution in [3.05, 3.63) is 23.8 Å². The second-order valence-corrected chi connectivity index (χ2v) is 2.94. The zero-order chi connectivity index (χ0) is 9.97. The van der Waals surface area contributed by atoms with Gasteiger partial charge in [0, 0.05) is 13.8 Å². The van der Waals surface area contributed by atoms with Crippen molar-refractivity contribution in [1.29, 1.82) is 0 Å². The van der Waals surface area contributed by atoms with Gasteiger partial charge in [-0.2, -0.15) is 0 Å². The van der Waals surface area contributed by atoms with Gasteiger partial charge in [0.1, 0.15) is 12.1 Å². The van der Waals surface area contributed by atoms with Crippen LogP contribution in [0.3, 0.4) is 0 Å². The largest absolute Gasteiger partial charge is 0.391 e. The van der Waals surface area contributed by atoms with Gasteiger partial charge in [0.2, 0.25) is 0 Å². The van der Waals surface area contributed by atoms with Gasteiger partial charge in [-0.25, -0.2) is 4.68 Å². The summed E-state index contributed by atoms with van der Waals surface area (Å²) >= 11 is 0. The Bertz CT molecular complexity index is 463. The van der Waals surface area contributed by atoms with Gasteiger partial charge in [-0.15, -0.1) is 10.3 Å². The van der Waals surface area contributed by atoms with E-state index in [0.29, 0.717) is 6.61 Å². The molecule has 0 aliphatic carbocycles. The molecule has 14 heavy (non-hydrogen) atoms. The summed E-state index contributed by atoms with van der Waals surface area (Å²) in [6.45, 7) is 3.65. The van der Waals surface area contributed by atoms with Crippen LogP contribution in [0.2, 0.25) is 0 Å². The topological polar surface area (TPSA) is 52.3 Å². The van der Waals surface area contributed by atoms with Crippen molar-refractivity contribution in [3.63, 3.8) is 0 Å². The molecule has 0 amide bonds. The summed E-state index contributed by atoms with van der Waals surface area (Å²) in [5.41, 5.74) is 2.86. The maximum Gasteiger partial charge on any atom is 0.142 e. The van der Waals surface area contributed by atoms with Crippen molar-refractivity contribution in [2.24, 2.45) is 12.2 Å². The molecule has 0 bridgehead atoms. The van der Waals surface area contributed by atoms with Crippen molar-refractivity contribution >= 4 is 17.8 Å². The third-order valence-electron chi connectivity index (χ3n) is 2.00. The molecule has 1 aromatic heterocycles. The van der Waals surface area contributed by atoms with Crippen molar-refractivity contribution in [1.82, 2.24) is 15.0 Å². The maximum atomic E-state index is 4.83. The lowest BCUT2D eigenvalue weighted by Crippen LogP contribution is -1.90. The summed E-state index contributed by atoms with van der Waals surface area (Å²) in [5.74, 6) is 0. The Morgan fingerprint density at radius 2 is 2.43 bits per heavy atom. The van der Waals surface area contributed by atoms with Crippen molar-refractivity contribution in [2.75, 3.05) is 0 Å². The first-order valence-corrected chi connectivity index (χ1v) is 4.17. The minimum Gasteiger partial charge on any atom is -0.391 e. The van der Waals surface area contributed by atoms with Gasteiger partial charge in [0.05, 0.1) is 5.52 Å². The molecule has 1 heterocycles.